The summed E-state index contributed by atoms with van der Waals surface area (Å²) in [4.78, 5) is 25.3. The van der Waals surface area contributed by atoms with Crippen LogP contribution in [0.15, 0.2) is 42.7 Å². The van der Waals surface area contributed by atoms with Gasteiger partial charge in [-0.2, -0.15) is 0 Å². The van der Waals surface area contributed by atoms with Crippen LogP contribution in [0.2, 0.25) is 0 Å². The maximum atomic E-state index is 12.5. The van der Waals surface area contributed by atoms with Gasteiger partial charge in [-0.15, -0.1) is 0 Å². The zero-order chi connectivity index (χ0) is 17.6. The molecular formula is C19H24N4O2. The van der Waals surface area contributed by atoms with Crippen LogP contribution in [0.1, 0.15) is 29.9 Å². The van der Waals surface area contributed by atoms with E-state index >= 15 is 0 Å². The molecule has 0 spiro atoms. The van der Waals surface area contributed by atoms with Crippen LogP contribution in [0, 0.1) is 0 Å². The highest BCUT2D eigenvalue weighted by atomic mass is 16.5. The zero-order valence-electron chi connectivity index (χ0n) is 14.8. The first-order chi connectivity index (χ1) is 12.1. The lowest BCUT2D eigenvalue weighted by Crippen LogP contribution is -2.41. The standard InChI is InChI=1S/C19H24N4O2/c1-15(2)23(14-16-6-4-3-5-7-16)18-13-20-17(12-21-18)19(24)22-8-10-25-11-9-22/h3-7,12-13,15H,8-11,14H2,1-2H3. The number of benzene rings is 1. The third-order valence-corrected chi connectivity index (χ3v) is 4.27. The van der Waals surface area contributed by atoms with Crippen molar-refractivity contribution in [3.63, 3.8) is 0 Å². The van der Waals surface area contributed by atoms with Crippen LogP contribution in [0.5, 0.6) is 0 Å². The monoisotopic (exact) mass is 340 g/mol. The second kappa shape index (κ2) is 8.07. The molecule has 25 heavy (non-hydrogen) atoms. The van der Waals surface area contributed by atoms with Gasteiger partial charge in [0.05, 0.1) is 25.6 Å². The van der Waals surface area contributed by atoms with Crippen molar-refractivity contribution in [2.24, 2.45) is 0 Å². The number of anilines is 1. The number of carbonyl (C=O) groups is 1. The minimum atomic E-state index is -0.0819. The van der Waals surface area contributed by atoms with Gasteiger partial charge in [0.15, 0.2) is 0 Å². The molecule has 1 saturated heterocycles. The van der Waals surface area contributed by atoms with Crippen molar-refractivity contribution in [2.75, 3.05) is 31.2 Å². The molecule has 0 atom stereocenters. The fraction of sp³-hybridized carbons (Fsp3) is 0.421. The Kier molecular flexibility index (Phi) is 5.60. The summed E-state index contributed by atoms with van der Waals surface area (Å²) >= 11 is 0. The Morgan fingerprint density at radius 3 is 2.48 bits per heavy atom. The van der Waals surface area contributed by atoms with Crippen molar-refractivity contribution in [3.8, 4) is 0 Å². The summed E-state index contributed by atoms with van der Waals surface area (Å²) < 4.78 is 5.28. The third kappa shape index (κ3) is 4.33. The summed E-state index contributed by atoms with van der Waals surface area (Å²) in [7, 11) is 0. The molecular weight excluding hydrogens is 316 g/mol. The molecule has 1 aromatic carbocycles. The van der Waals surface area contributed by atoms with Crippen molar-refractivity contribution in [1.29, 1.82) is 0 Å². The fourth-order valence-corrected chi connectivity index (χ4v) is 2.82. The molecule has 2 heterocycles. The molecule has 0 aliphatic carbocycles. The Bertz CT molecular complexity index is 682. The summed E-state index contributed by atoms with van der Waals surface area (Å²) in [6.07, 6.45) is 3.27. The van der Waals surface area contributed by atoms with E-state index in [1.165, 1.54) is 5.56 Å². The lowest BCUT2D eigenvalue weighted by atomic mass is 10.2. The number of rotatable bonds is 5. The third-order valence-electron chi connectivity index (χ3n) is 4.27. The van der Waals surface area contributed by atoms with Gasteiger partial charge in [0.2, 0.25) is 0 Å². The van der Waals surface area contributed by atoms with Gasteiger partial charge < -0.3 is 14.5 Å². The molecule has 132 valence electrons. The maximum absolute atomic E-state index is 12.5. The summed E-state index contributed by atoms with van der Waals surface area (Å²) in [6, 6.07) is 10.5. The Labute approximate surface area is 148 Å². The van der Waals surface area contributed by atoms with E-state index in [4.69, 9.17) is 4.74 Å². The highest BCUT2D eigenvalue weighted by Crippen LogP contribution is 2.17. The van der Waals surface area contributed by atoms with E-state index in [2.05, 4.69) is 40.8 Å². The number of hydrogen-bond donors (Lipinski definition) is 0. The smallest absolute Gasteiger partial charge is 0.274 e. The molecule has 2 aromatic rings. The molecule has 1 fully saturated rings. The van der Waals surface area contributed by atoms with Crippen molar-refractivity contribution in [3.05, 3.63) is 54.0 Å². The normalized spacial score (nSPS) is 14.6. The molecule has 1 aromatic heterocycles. The minimum Gasteiger partial charge on any atom is -0.378 e. The van der Waals surface area contributed by atoms with Crippen molar-refractivity contribution in [1.82, 2.24) is 14.9 Å². The Hall–Kier alpha value is -2.47. The first-order valence-corrected chi connectivity index (χ1v) is 8.65. The second-order valence-corrected chi connectivity index (χ2v) is 6.37. The van der Waals surface area contributed by atoms with Gasteiger partial charge in [0, 0.05) is 25.7 Å². The summed E-state index contributed by atoms with van der Waals surface area (Å²) in [6.45, 7) is 7.37. The lowest BCUT2D eigenvalue weighted by Gasteiger charge is -2.28. The number of morpholine rings is 1. The fourth-order valence-electron chi connectivity index (χ4n) is 2.82. The van der Waals surface area contributed by atoms with Crippen LogP contribution in [0.3, 0.4) is 0 Å². The summed E-state index contributed by atoms with van der Waals surface area (Å²) in [5, 5.41) is 0. The Balaban J connectivity index is 1.73. The number of ether oxygens (including phenoxy) is 1. The zero-order valence-corrected chi connectivity index (χ0v) is 14.8. The first kappa shape index (κ1) is 17.4. The summed E-state index contributed by atoms with van der Waals surface area (Å²) in [5.74, 6) is 0.693. The van der Waals surface area contributed by atoms with Crippen molar-refractivity contribution < 1.29 is 9.53 Å². The molecule has 0 unspecified atom stereocenters. The molecule has 3 rings (SSSR count). The van der Waals surface area contributed by atoms with E-state index in [0.29, 0.717) is 32.0 Å². The van der Waals surface area contributed by atoms with Gasteiger partial charge in [-0.1, -0.05) is 30.3 Å². The number of hydrogen-bond acceptors (Lipinski definition) is 5. The van der Waals surface area contributed by atoms with E-state index in [-0.39, 0.29) is 11.9 Å². The van der Waals surface area contributed by atoms with E-state index in [1.807, 2.05) is 18.2 Å². The van der Waals surface area contributed by atoms with Gasteiger partial charge in [-0.3, -0.25) is 4.79 Å². The highest BCUT2D eigenvalue weighted by Gasteiger charge is 2.21. The van der Waals surface area contributed by atoms with Crippen LogP contribution in [-0.4, -0.2) is 53.1 Å². The van der Waals surface area contributed by atoms with Crippen molar-refractivity contribution >= 4 is 11.7 Å². The number of aromatic nitrogens is 2. The molecule has 0 bridgehead atoms. The van der Waals surface area contributed by atoms with Crippen LogP contribution in [-0.2, 0) is 11.3 Å². The largest absolute Gasteiger partial charge is 0.378 e. The molecule has 0 saturated carbocycles. The molecule has 0 N–H and O–H groups in total. The molecule has 1 aliphatic heterocycles. The summed E-state index contributed by atoms with van der Waals surface area (Å²) in [5.41, 5.74) is 1.60. The van der Waals surface area contributed by atoms with Gasteiger partial charge in [0.25, 0.3) is 5.91 Å². The molecule has 6 nitrogen and oxygen atoms in total. The Morgan fingerprint density at radius 1 is 1.16 bits per heavy atom. The average molecular weight is 340 g/mol. The van der Waals surface area contributed by atoms with Gasteiger partial charge >= 0.3 is 0 Å². The molecule has 1 aliphatic rings. The van der Waals surface area contributed by atoms with Gasteiger partial charge in [0.1, 0.15) is 11.5 Å². The van der Waals surface area contributed by atoms with E-state index in [1.54, 1.807) is 17.3 Å². The van der Waals surface area contributed by atoms with Crippen LogP contribution >= 0.6 is 0 Å². The van der Waals surface area contributed by atoms with E-state index < -0.39 is 0 Å². The topological polar surface area (TPSA) is 58.6 Å². The average Bonchev–Trinajstić information content (AvgIpc) is 2.67. The molecule has 0 radical (unpaired) electrons. The SMILES string of the molecule is CC(C)N(Cc1ccccc1)c1cnc(C(=O)N2CCOCC2)cn1. The number of amides is 1. The van der Waals surface area contributed by atoms with Crippen LogP contribution in [0.25, 0.3) is 0 Å². The molecule has 6 heteroatoms. The van der Waals surface area contributed by atoms with E-state index in [0.717, 1.165) is 12.4 Å². The highest BCUT2D eigenvalue weighted by molar-refractivity contribution is 5.92. The van der Waals surface area contributed by atoms with Crippen LogP contribution < -0.4 is 4.90 Å². The van der Waals surface area contributed by atoms with Gasteiger partial charge in [-0.25, -0.2) is 9.97 Å². The van der Waals surface area contributed by atoms with Crippen LogP contribution in [0.4, 0.5) is 5.82 Å². The van der Waals surface area contributed by atoms with Gasteiger partial charge in [-0.05, 0) is 19.4 Å². The second-order valence-electron chi connectivity index (χ2n) is 6.37. The minimum absolute atomic E-state index is 0.0819. The quantitative estimate of drug-likeness (QED) is 0.836. The molecule has 1 amide bonds. The number of nitrogens with zero attached hydrogens (tertiary/aromatic N) is 4. The van der Waals surface area contributed by atoms with Crippen molar-refractivity contribution in [2.45, 2.75) is 26.4 Å². The Morgan fingerprint density at radius 2 is 1.88 bits per heavy atom. The predicted molar refractivity (Wildman–Crippen MR) is 96.5 cm³/mol. The lowest BCUT2D eigenvalue weighted by molar-refractivity contribution is 0.0298. The predicted octanol–water partition coefficient (Wildman–Crippen LogP) is 2.36. The maximum Gasteiger partial charge on any atom is 0.274 e. The first-order valence-electron chi connectivity index (χ1n) is 8.65. The number of carbonyl (C=O) groups excluding carboxylic acids is 1. The van der Waals surface area contributed by atoms with E-state index in [9.17, 15) is 4.79 Å².